The van der Waals surface area contributed by atoms with E-state index in [9.17, 15) is 0 Å². The number of nitrogens with one attached hydrogen (secondary N) is 1. The Hall–Kier alpha value is -2.13. The predicted molar refractivity (Wildman–Crippen MR) is 83.7 cm³/mol. The molecule has 3 heteroatoms. The van der Waals surface area contributed by atoms with Crippen LogP contribution in [0, 0.1) is 6.92 Å². The summed E-state index contributed by atoms with van der Waals surface area (Å²) in [6.45, 7) is 3.02. The first kappa shape index (κ1) is 12.9. The van der Waals surface area contributed by atoms with Gasteiger partial charge in [0.2, 0.25) is 0 Å². The van der Waals surface area contributed by atoms with Gasteiger partial charge in [-0.2, -0.15) is 5.10 Å². The van der Waals surface area contributed by atoms with Crippen LogP contribution in [0.15, 0.2) is 42.5 Å². The first-order valence-corrected chi connectivity index (χ1v) is 6.83. The van der Waals surface area contributed by atoms with Gasteiger partial charge in [0, 0.05) is 11.9 Å². The van der Waals surface area contributed by atoms with E-state index in [0.717, 1.165) is 12.1 Å². The number of rotatable bonds is 3. The average molecular weight is 265 g/mol. The van der Waals surface area contributed by atoms with Gasteiger partial charge >= 0.3 is 0 Å². The molecule has 1 aromatic heterocycles. The van der Waals surface area contributed by atoms with Crippen molar-refractivity contribution >= 4 is 10.9 Å². The lowest BCUT2D eigenvalue weighted by molar-refractivity contribution is 0.398. The highest BCUT2D eigenvalue weighted by atomic mass is 15.2. The van der Waals surface area contributed by atoms with Gasteiger partial charge in [0.15, 0.2) is 0 Å². The Bertz CT molecular complexity index is 741. The topological polar surface area (TPSA) is 31.9 Å². The highest BCUT2D eigenvalue weighted by Crippen LogP contribution is 2.27. The summed E-state index contributed by atoms with van der Waals surface area (Å²) < 4.78 is 0. The smallest absolute Gasteiger partial charge is 0.0924 e. The van der Waals surface area contributed by atoms with E-state index in [1.807, 2.05) is 0 Å². The second kappa shape index (κ2) is 5.10. The van der Waals surface area contributed by atoms with Crippen molar-refractivity contribution in [3.63, 3.8) is 0 Å². The number of hydrogen-bond donors (Lipinski definition) is 1. The third-order valence-electron chi connectivity index (χ3n) is 3.56. The molecule has 3 nitrogen and oxygen atoms in total. The van der Waals surface area contributed by atoms with Crippen LogP contribution < -0.4 is 0 Å². The molecule has 0 bridgehead atoms. The quantitative estimate of drug-likeness (QED) is 0.784. The van der Waals surface area contributed by atoms with Crippen LogP contribution in [0.2, 0.25) is 0 Å². The molecule has 1 heterocycles. The number of nitrogens with zero attached hydrogens (tertiary/aromatic N) is 2. The van der Waals surface area contributed by atoms with Gasteiger partial charge in [0.25, 0.3) is 0 Å². The van der Waals surface area contributed by atoms with Crippen LogP contribution in [0.4, 0.5) is 0 Å². The molecule has 0 fully saturated rings. The Labute approximate surface area is 119 Å². The monoisotopic (exact) mass is 265 g/mol. The molecule has 3 rings (SSSR count). The highest BCUT2D eigenvalue weighted by molar-refractivity contribution is 5.87. The van der Waals surface area contributed by atoms with Crippen LogP contribution in [-0.4, -0.2) is 29.2 Å². The van der Waals surface area contributed by atoms with Gasteiger partial charge in [0.05, 0.1) is 11.2 Å². The van der Waals surface area contributed by atoms with E-state index in [1.54, 1.807) is 0 Å². The van der Waals surface area contributed by atoms with E-state index in [1.165, 1.54) is 27.8 Å². The fraction of sp³-hybridized carbons (Fsp3) is 0.235. The Balaban J connectivity index is 2.12. The molecule has 0 radical (unpaired) electrons. The Morgan fingerprint density at radius 1 is 1.10 bits per heavy atom. The summed E-state index contributed by atoms with van der Waals surface area (Å²) in [5, 5.41) is 8.73. The average Bonchev–Trinajstić information content (AvgIpc) is 2.81. The zero-order chi connectivity index (χ0) is 14.1. The zero-order valence-corrected chi connectivity index (χ0v) is 12.1. The van der Waals surface area contributed by atoms with Crippen molar-refractivity contribution in [2.24, 2.45) is 0 Å². The molecule has 0 unspecified atom stereocenters. The molecular weight excluding hydrogens is 246 g/mol. The molecular formula is C17H19N3. The summed E-state index contributed by atoms with van der Waals surface area (Å²) in [5.41, 5.74) is 6.02. The van der Waals surface area contributed by atoms with E-state index in [4.69, 9.17) is 0 Å². The minimum absolute atomic E-state index is 0.869. The third-order valence-corrected chi connectivity index (χ3v) is 3.56. The molecule has 0 aliphatic heterocycles. The van der Waals surface area contributed by atoms with Gasteiger partial charge in [-0.1, -0.05) is 30.3 Å². The molecule has 0 aliphatic carbocycles. The van der Waals surface area contributed by atoms with E-state index < -0.39 is 0 Å². The van der Waals surface area contributed by atoms with Crippen LogP contribution in [-0.2, 0) is 6.54 Å². The number of aryl methyl sites for hydroxylation is 1. The minimum Gasteiger partial charge on any atom is -0.304 e. The van der Waals surface area contributed by atoms with E-state index >= 15 is 0 Å². The zero-order valence-electron chi connectivity index (χ0n) is 12.1. The summed E-state index contributed by atoms with van der Waals surface area (Å²) in [4.78, 5) is 2.15. The molecule has 0 aliphatic rings. The van der Waals surface area contributed by atoms with Gasteiger partial charge in [0.1, 0.15) is 0 Å². The van der Waals surface area contributed by atoms with Crippen molar-refractivity contribution in [2.75, 3.05) is 14.1 Å². The molecule has 20 heavy (non-hydrogen) atoms. The van der Waals surface area contributed by atoms with Gasteiger partial charge in [-0.3, -0.25) is 5.10 Å². The molecule has 3 aromatic rings. The summed E-state index contributed by atoms with van der Waals surface area (Å²) in [6.07, 6.45) is 0. The van der Waals surface area contributed by atoms with Crippen LogP contribution in [0.3, 0.4) is 0 Å². The molecule has 102 valence electrons. The maximum atomic E-state index is 4.38. The van der Waals surface area contributed by atoms with Gasteiger partial charge < -0.3 is 4.90 Å². The molecule has 1 N–H and O–H groups in total. The Morgan fingerprint density at radius 3 is 2.65 bits per heavy atom. The summed E-state index contributed by atoms with van der Waals surface area (Å²) in [7, 11) is 4.13. The standard InChI is InChI=1S/C17H19N3/c1-12-6-4-5-7-14(12)13-8-9-16-15(10-13)17(19-18-16)11-20(2)3/h4-10H,11H2,1-3H3,(H,18,19). The largest absolute Gasteiger partial charge is 0.304 e. The first-order valence-electron chi connectivity index (χ1n) is 6.83. The summed E-state index contributed by atoms with van der Waals surface area (Å²) in [6, 6.07) is 14.9. The maximum absolute atomic E-state index is 4.38. The maximum Gasteiger partial charge on any atom is 0.0924 e. The lowest BCUT2D eigenvalue weighted by Gasteiger charge is -2.09. The van der Waals surface area contributed by atoms with Crippen LogP contribution in [0.25, 0.3) is 22.0 Å². The molecule has 0 spiro atoms. The molecule has 0 amide bonds. The van der Waals surface area contributed by atoms with E-state index in [0.29, 0.717) is 0 Å². The highest BCUT2D eigenvalue weighted by Gasteiger charge is 2.08. The van der Waals surface area contributed by atoms with E-state index in [2.05, 4.69) is 78.6 Å². The lowest BCUT2D eigenvalue weighted by Crippen LogP contribution is -2.11. The SMILES string of the molecule is Cc1ccccc1-c1ccc2n[nH]c(CN(C)C)c2c1. The number of hydrogen-bond acceptors (Lipinski definition) is 2. The Morgan fingerprint density at radius 2 is 1.90 bits per heavy atom. The normalized spacial score (nSPS) is 11.4. The Kier molecular flexibility index (Phi) is 3.28. The fourth-order valence-electron chi connectivity index (χ4n) is 2.56. The van der Waals surface area contributed by atoms with Gasteiger partial charge in [-0.05, 0) is 49.8 Å². The second-order valence-corrected chi connectivity index (χ2v) is 5.49. The fourth-order valence-corrected chi connectivity index (χ4v) is 2.56. The number of aromatic nitrogens is 2. The number of aromatic amines is 1. The molecule has 0 saturated heterocycles. The van der Waals surface area contributed by atoms with Crippen molar-refractivity contribution in [3.05, 3.63) is 53.7 Å². The van der Waals surface area contributed by atoms with Crippen molar-refractivity contribution in [2.45, 2.75) is 13.5 Å². The van der Waals surface area contributed by atoms with Gasteiger partial charge in [-0.15, -0.1) is 0 Å². The van der Waals surface area contributed by atoms with Crippen LogP contribution >= 0.6 is 0 Å². The minimum atomic E-state index is 0.869. The summed E-state index contributed by atoms with van der Waals surface area (Å²) in [5.74, 6) is 0. The third kappa shape index (κ3) is 2.32. The van der Waals surface area contributed by atoms with Crippen LogP contribution in [0.5, 0.6) is 0 Å². The van der Waals surface area contributed by atoms with Crippen molar-refractivity contribution in [3.8, 4) is 11.1 Å². The summed E-state index contributed by atoms with van der Waals surface area (Å²) >= 11 is 0. The van der Waals surface area contributed by atoms with Crippen molar-refractivity contribution < 1.29 is 0 Å². The lowest BCUT2D eigenvalue weighted by atomic mass is 9.99. The molecule has 0 atom stereocenters. The van der Waals surface area contributed by atoms with Gasteiger partial charge in [-0.25, -0.2) is 0 Å². The molecule has 2 aromatic carbocycles. The molecule has 0 saturated carbocycles. The van der Waals surface area contributed by atoms with Crippen molar-refractivity contribution in [1.29, 1.82) is 0 Å². The first-order chi connectivity index (χ1) is 9.65. The second-order valence-electron chi connectivity index (χ2n) is 5.49. The number of benzene rings is 2. The van der Waals surface area contributed by atoms with E-state index in [-0.39, 0.29) is 0 Å². The van der Waals surface area contributed by atoms with Crippen LogP contribution in [0.1, 0.15) is 11.3 Å². The van der Waals surface area contributed by atoms with Crippen molar-refractivity contribution in [1.82, 2.24) is 15.1 Å². The predicted octanol–water partition coefficient (Wildman–Crippen LogP) is 3.60. The number of fused-ring (bicyclic) bond motifs is 1. The number of H-pyrrole nitrogens is 1.